The molecule has 5 rings (SSSR count). The third-order valence-corrected chi connectivity index (χ3v) is 6.25. The molecule has 1 atom stereocenters. The van der Waals surface area contributed by atoms with Crippen LogP contribution in [0.3, 0.4) is 0 Å². The van der Waals surface area contributed by atoms with Gasteiger partial charge in [0.25, 0.3) is 5.95 Å². The van der Waals surface area contributed by atoms with E-state index >= 15 is 0 Å². The second kappa shape index (κ2) is 8.64. The van der Waals surface area contributed by atoms with Crippen LogP contribution in [0.25, 0.3) is 16.9 Å². The molecule has 31 heavy (non-hydrogen) atoms. The van der Waals surface area contributed by atoms with Crippen LogP contribution in [0.1, 0.15) is 50.1 Å². The third kappa shape index (κ3) is 4.09. The maximum atomic E-state index is 14.6. The Balaban J connectivity index is 1.31. The van der Waals surface area contributed by atoms with Crippen molar-refractivity contribution in [2.45, 2.75) is 44.6 Å². The van der Waals surface area contributed by atoms with Crippen LogP contribution in [0.15, 0.2) is 22.7 Å². The number of fused-ring (bicyclic) bond motifs is 1. The van der Waals surface area contributed by atoms with E-state index in [1.807, 2.05) is 19.9 Å². The van der Waals surface area contributed by atoms with E-state index in [1.165, 1.54) is 10.7 Å². The van der Waals surface area contributed by atoms with Crippen LogP contribution in [0, 0.1) is 5.82 Å². The minimum absolute atomic E-state index is 0.157. The zero-order chi connectivity index (χ0) is 21.4. The predicted octanol–water partition coefficient (Wildman–Crippen LogP) is 2.84. The van der Waals surface area contributed by atoms with Crippen molar-refractivity contribution >= 4 is 10.9 Å². The molecule has 3 aromatic rings. The molecular formula is C22H29FN6O2. The molecule has 0 saturated carbocycles. The summed E-state index contributed by atoms with van der Waals surface area (Å²) in [6.45, 7) is 9.62. The molecule has 2 aromatic heterocycles. The highest BCUT2D eigenvalue weighted by molar-refractivity contribution is 5.84. The van der Waals surface area contributed by atoms with Gasteiger partial charge in [-0.2, -0.15) is 14.8 Å². The highest BCUT2D eigenvalue weighted by atomic mass is 19.1. The van der Waals surface area contributed by atoms with Crippen LogP contribution >= 0.6 is 0 Å². The first kappa shape index (κ1) is 20.5. The summed E-state index contributed by atoms with van der Waals surface area (Å²) in [5.41, 5.74) is 1.23. The van der Waals surface area contributed by atoms with Gasteiger partial charge in [-0.15, -0.1) is 0 Å². The summed E-state index contributed by atoms with van der Waals surface area (Å²) >= 11 is 0. The Morgan fingerprint density at radius 1 is 1.26 bits per heavy atom. The van der Waals surface area contributed by atoms with Crippen LogP contribution in [0.5, 0.6) is 0 Å². The molecule has 0 amide bonds. The van der Waals surface area contributed by atoms with Crippen molar-refractivity contribution in [3.8, 4) is 5.95 Å². The van der Waals surface area contributed by atoms with Crippen molar-refractivity contribution in [1.29, 1.82) is 0 Å². The number of hydrogen-bond donors (Lipinski definition) is 1. The van der Waals surface area contributed by atoms with E-state index in [-0.39, 0.29) is 23.8 Å². The van der Waals surface area contributed by atoms with E-state index in [2.05, 4.69) is 25.5 Å². The van der Waals surface area contributed by atoms with E-state index in [1.54, 1.807) is 6.07 Å². The van der Waals surface area contributed by atoms with E-state index in [9.17, 15) is 4.39 Å². The van der Waals surface area contributed by atoms with Gasteiger partial charge in [0.15, 0.2) is 0 Å². The summed E-state index contributed by atoms with van der Waals surface area (Å²) in [5, 5.41) is 12.9. The molecule has 4 heterocycles. The lowest BCUT2D eigenvalue weighted by Crippen LogP contribution is -2.47. The fourth-order valence-electron chi connectivity index (χ4n) is 4.59. The quantitative estimate of drug-likeness (QED) is 0.669. The second-order valence-electron chi connectivity index (χ2n) is 8.79. The standard InChI is InChI=1S/C22H29FN6O2/c1-14(2)19-17-4-3-5-18(23)20(17)29(26-19)22-25-21(31-27-22)15-6-9-28(10-7-15)13-16-12-24-8-11-30-16/h3-5,14-16,24H,6-13H2,1-2H3. The van der Waals surface area contributed by atoms with E-state index in [0.29, 0.717) is 17.4 Å². The number of morpholine rings is 1. The van der Waals surface area contributed by atoms with Crippen LogP contribution in [0.2, 0.25) is 0 Å². The highest BCUT2D eigenvalue weighted by Gasteiger charge is 2.28. The summed E-state index contributed by atoms with van der Waals surface area (Å²) in [6, 6.07) is 5.03. The van der Waals surface area contributed by atoms with Gasteiger partial charge in [-0.1, -0.05) is 26.0 Å². The Hall–Kier alpha value is -2.36. The molecule has 2 aliphatic heterocycles. The lowest BCUT2D eigenvalue weighted by Gasteiger charge is -2.34. The molecule has 2 aliphatic rings. The first-order chi connectivity index (χ1) is 15.1. The second-order valence-corrected chi connectivity index (χ2v) is 8.79. The van der Waals surface area contributed by atoms with Gasteiger partial charge < -0.3 is 19.5 Å². The summed E-state index contributed by atoms with van der Waals surface area (Å²) in [6.07, 6.45) is 2.17. The maximum Gasteiger partial charge on any atom is 0.291 e. The van der Waals surface area contributed by atoms with Gasteiger partial charge in [0.2, 0.25) is 5.89 Å². The predicted molar refractivity (Wildman–Crippen MR) is 114 cm³/mol. The molecular weight excluding hydrogens is 399 g/mol. The van der Waals surface area contributed by atoms with E-state index in [4.69, 9.17) is 9.26 Å². The monoisotopic (exact) mass is 428 g/mol. The zero-order valence-electron chi connectivity index (χ0n) is 18.1. The van der Waals surface area contributed by atoms with Crippen LogP contribution in [-0.4, -0.2) is 70.3 Å². The Kier molecular flexibility index (Phi) is 5.73. The Labute approximate surface area is 180 Å². The van der Waals surface area contributed by atoms with Crippen molar-refractivity contribution in [2.75, 3.05) is 39.3 Å². The highest BCUT2D eigenvalue weighted by Crippen LogP contribution is 2.30. The number of ether oxygens (including phenoxy) is 1. The number of rotatable bonds is 5. The van der Waals surface area contributed by atoms with Crippen molar-refractivity contribution < 1.29 is 13.7 Å². The molecule has 0 radical (unpaired) electrons. The minimum Gasteiger partial charge on any atom is -0.374 e. The van der Waals surface area contributed by atoms with Crippen LogP contribution in [0.4, 0.5) is 4.39 Å². The number of likely N-dealkylation sites (tertiary alicyclic amines) is 1. The molecule has 2 fully saturated rings. The minimum atomic E-state index is -0.337. The van der Waals surface area contributed by atoms with Gasteiger partial charge in [0.05, 0.1) is 18.4 Å². The number of aromatic nitrogens is 4. The van der Waals surface area contributed by atoms with Crippen molar-refractivity contribution in [3.63, 3.8) is 0 Å². The van der Waals surface area contributed by atoms with Crippen molar-refractivity contribution in [3.05, 3.63) is 35.6 Å². The molecule has 9 heteroatoms. The molecule has 166 valence electrons. The van der Waals surface area contributed by atoms with E-state index < -0.39 is 0 Å². The van der Waals surface area contributed by atoms with Gasteiger partial charge in [-0.05, 0) is 43.1 Å². The SMILES string of the molecule is CC(C)c1nn(-c2noc(C3CCN(CC4CNCCO4)CC3)n2)c2c(F)cccc12. The fourth-order valence-corrected chi connectivity index (χ4v) is 4.59. The first-order valence-corrected chi connectivity index (χ1v) is 11.2. The Bertz CT molecular complexity index is 1030. The summed E-state index contributed by atoms with van der Waals surface area (Å²) in [4.78, 5) is 7.05. The largest absolute Gasteiger partial charge is 0.374 e. The topological polar surface area (TPSA) is 81.2 Å². The summed E-state index contributed by atoms with van der Waals surface area (Å²) in [5.74, 6) is 0.928. The number of benzene rings is 1. The molecule has 0 bridgehead atoms. The van der Waals surface area contributed by atoms with Crippen LogP contribution in [-0.2, 0) is 4.74 Å². The van der Waals surface area contributed by atoms with Gasteiger partial charge in [-0.25, -0.2) is 4.39 Å². The van der Waals surface area contributed by atoms with Gasteiger partial charge in [0.1, 0.15) is 11.3 Å². The molecule has 2 saturated heterocycles. The zero-order valence-corrected chi connectivity index (χ0v) is 18.1. The number of hydrogen-bond acceptors (Lipinski definition) is 7. The smallest absolute Gasteiger partial charge is 0.291 e. The van der Waals surface area contributed by atoms with E-state index in [0.717, 1.165) is 63.3 Å². The van der Waals surface area contributed by atoms with Crippen LogP contribution < -0.4 is 5.32 Å². The van der Waals surface area contributed by atoms with Gasteiger partial charge >= 0.3 is 0 Å². The lowest BCUT2D eigenvalue weighted by atomic mass is 9.96. The van der Waals surface area contributed by atoms with Crippen molar-refractivity contribution in [1.82, 2.24) is 30.1 Å². The van der Waals surface area contributed by atoms with Gasteiger partial charge in [-0.3, -0.25) is 0 Å². The number of piperidine rings is 1. The maximum absolute atomic E-state index is 14.6. The molecule has 0 spiro atoms. The average Bonchev–Trinajstić information content (AvgIpc) is 3.41. The molecule has 1 aromatic carbocycles. The number of nitrogens with zero attached hydrogens (tertiary/aromatic N) is 5. The number of halogens is 1. The molecule has 0 aliphatic carbocycles. The van der Waals surface area contributed by atoms with Crippen molar-refractivity contribution in [2.24, 2.45) is 0 Å². The Morgan fingerprint density at radius 3 is 2.84 bits per heavy atom. The van der Waals surface area contributed by atoms with Gasteiger partial charge in [0, 0.05) is 30.9 Å². The normalized spacial score (nSPS) is 21.4. The first-order valence-electron chi connectivity index (χ1n) is 11.2. The number of para-hydroxylation sites is 1. The Morgan fingerprint density at radius 2 is 2.10 bits per heavy atom. The third-order valence-electron chi connectivity index (χ3n) is 6.25. The number of nitrogens with one attached hydrogen (secondary N) is 1. The fraction of sp³-hybridized carbons (Fsp3) is 0.591. The summed E-state index contributed by atoms with van der Waals surface area (Å²) < 4.78 is 27.5. The molecule has 1 unspecified atom stereocenters. The average molecular weight is 429 g/mol. The lowest BCUT2D eigenvalue weighted by molar-refractivity contribution is 0.000743. The summed E-state index contributed by atoms with van der Waals surface area (Å²) in [7, 11) is 0. The molecule has 1 N–H and O–H groups in total. The molecule has 8 nitrogen and oxygen atoms in total.